The number of carboxylic acid groups (broad SMARTS) is 1. The first-order valence-electron chi connectivity index (χ1n) is 5.32. The smallest absolute Gasteiger partial charge is 0.318 e. The zero-order valence-corrected chi connectivity index (χ0v) is 9.89. The van der Waals surface area contributed by atoms with Crippen LogP contribution in [0, 0.1) is 0 Å². The van der Waals surface area contributed by atoms with E-state index in [-0.39, 0.29) is 0 Å². The summed E-state index contributed by atoms with van der Waals surface area (Å²) in [6.45, 7) is 8.94. The van der Waals surface area contributed by atoms with Crippen molar-refractivity contribution in [3.63, 3.8) is 0 Å². The predicted molar refractivity (Wildman–Crippen MR) is 69.9 cm³/mol. The van der Waals surface area contributed by atoms with E-state index in [0.717, 1.165) is 5.56 Å². The van der Waals surface area contributed by atoms with Crippen molar-refractivity contribution in [1.82, 2.24) is 0 Å². The molecule has 0 saturated carbocycles. The van der Waals surface area contributed by atoms with E-state index >= 15 is 0 Å². The van der Waals surface area contributed by atoms with E-state index in [1.165, 1.54) is 0 Å². The Kier molecular flexibility index (Phi) is 4.05. The number of carboxylic acids is 1. The molecule has 1 rings (SSSR count). The third-order valence-corrected chi connectivity index (χ3v) is 2.87. The van der Waals surface area contributed by atoms with Gasteiger partial charge in [0.05, 0.1) is 0 Å². The first-order chi connectivity index (χ1) is 8.07. The first-order valence-corrected chi connectivity index (χ1v) is 5.32. The summed E-state index contributed by atoms with van der Waals surface area (Å²) in [6.07, 6.45) is 4.80. The summed E-state index contributed by atoms with van der Waals surface area (Å²) in [5, 5.41) is 9.49. The Morgan fingerprint density at radius 2 is 1.88 bits per heavy atom. The van der Waals surface area contributed by atoms with Crippen LogP contribution in [0.25, 0.3) is 0 Å². The van der Waals surface area contributed by atoms with Gasteiger partial charge in [0.15, 0.2) is 0 Å². The highest BCUT2D eigenvalue weighted by atomic mass is 16.4. The molecule has 0 aliphatic heterocycles. The summed E-state index contributed by atoms with van der Waals surface area (Å²) < 4.78 is 0. The molecule has 0 saturated heterocycles. The van der Waals surface area contributed by atoms with Crippen LogP contribution in [0.2, 0.25) is 0 Å². The minimum atomic E-state index is -1.10. The average molecular weight is 228 g/mol. The van der Waals surface area contributed by atoms with E-state index in [2.05, 4.69) is 13.2 Å². The van der Waals surface area contributed by atoms with Crippen LogP contribution in [0.1, 0.15) is 12.5 Å². The van der Waals surface area contributed by atoms with Gasteiger partial charge in [0.1, 0.15) is 5.41 Å². The lowest BCUT2D eigenvalue weighted by Gasteiger charge is -2.26. The molecule has 2 heteroatoms. The molecule has 0 bridgehead atoms. The molecule has 0 heterocycles. The molecule has 17 heavy (non-hydrogen) atoms. The maximum Gasteiger partial charge on any atom is 0.318 e. The van der Waals surface area contributed by atoms with E-state index in [1.807, 2.05) is 18.2 Å². The van der Waals surface area contributed by atoms with Gasteiger partial charge in [0, 0.05) is 0 Å². The Hall–Kier alpha value is -2.09. The predicted octanol–water partition coefficient (Wildman–Crippen LogP) is 3.33. The van der Waals surface area contributed by atoms with Crippen molar-refractivity contribution in [2.75, 3.05) is 0 Å². The molecule has 0 fully saturated rings. The fraction of sp³-hybridized carbons (Fsp3) is 0.133. The summed E-state index contributed by atoms with van der Waals surface area (Å²) in [5.74, 6) is -0.906. The molecule has 0 aliphatic carbocycles. The van der Waals surface area contributed by atoms with E-state index in [0.29, 0.717) is 5.57 Å². The van der Waals surface area contributed by atoms with Crippen LogP contribution in [-0.4, -0.2) is 11.1 Å². The van der Waals surface area contributed by atoms with Gasteiger partial charge in [-0.05, 0) is 18.1 Å². The van der Waals surface area contributed by atoms with Crippen LogP contribution in [-0.2, 0) is 10.2 Å². The highest BCUT2D eigenvalue weighted by Crippen LogP contribution is 2.32. The van der Waals surface area contributed by atoms with Crippen LogP contribution in [0.4, 0.5) is 0 Å². The van der Waals surface area contributed by atoms with Gasteiger partial charge in [-0.15, -0.1) is 0 Å². The number of carbonyl (C=O) groups is 1. The van der Waals surface area contributed by atoms with E-state index < -0.39 is 11.4 Å². The van der Waals surface area contributed by atoms with Gasteiger partial charge in [-0.2, -0.15) is 0 Å². The molecule has 0 radical (unpaired) electrons. The minimum absolute atomic E-state index is 0.617. The zero-order chi connectivity index (χ0) is 12.9. The maximum absolute atomic E-state index is 11.6. The lowest BCUT2D eigenvalue weighted by Crippen LogP contribution is -2.34. The van der Waals surface area contributed by atoms with Gasteiger partial charge in [-0.1, -0.05) is 61.7 Å². The van der Waals surface area contributed by atoms with Crippen LogP contribution in [0.15, 0.2) is 67.3 Å². The molecule has 1 aromatic carbocycles. The van der Waals surface area contributed by atoms with Crippen molar-refractivity contribution in [3.05, 3.63) is 72.9 Å². The van der Waals surface area contributed by atoms with Crippen molar-refractivity contribution in [2.24, 2.45) is 0 Å². The molecular weight excluding hydrogens is 212 g/mol. The molecule has 2 nitrogen and oxygen atoms in total. The third kappa shape index (κ3) is 2.36. The highest BCUT2D eigenvalue weighted by molar-refractivity contribution is 5.86. The number of benzene rings is 1. The Morgan fingerprint density at radius 3 is 2.29 bits per heavy atom. The van der Waals surface area contributed by atoms with Crippen molar-refractivity contribution in [2.45, 2.75) is 12.3 Å². The van der Waals surface area contributed by atoms with Gasteiger partial charge in [0.2, 0.25) is 0 Å². The van der Waals surface area contributed by atoms with Crippen molar-refractivity contribution >= 4 is 5.97 Å². The summed E-state index contributed by atoms with van der Waals surface area (Å²) in [6, 6.07) is 9.11. The number of aliphatic carboxylic acids is 1. The molecule has 0 aromatic heterocycles. The van der Waals surface area contributed by atoms with Gasteiger partial charge in [-0.3, -0.25) is 4.79 Å². The zero-order valence-electron chi connectivity index (χ0n) is 9.89. The first kappa shape index (κ1) is 13.0. The van der Waals surface area contributed by atoms with Crippen LogP contribution >= 0.6 is 0 Å². The number of allylic oxidation sites excluding steroid dienone is 3. The molecular formula is C15H16O2. The molecule has 1 unspecified atom stereocenters. The quantitative estimate of drug-likeness (QED) is 0.785. The topological polar surface area (TPSA) is 37.3 Å². The summed E-state index contributed by atoms with van der Waals surface area (Å²) >= 11 is 0. The summed E-state index contributed by atoms with van der Waals surface area (Å²) in [4.78, 5) is 11.6. The molecule has 88 valence electrons. The molecule has 0 amide bonds. The molecule has 1 aromatic rings. The summed E-state index contributed by atoms with van der Waals surface area (Å²) in [7, 11) is 0. The van der Waals surface area contributed by atoms with Crippen LogP contribution in [0.3, 0.4) is 0 Å². The van der Waals surface area contributed by atoms with Gasteiger partial charge in [-0.25, -0.2) is 0 Å². The van der Waals surface area contributed by atoms with Gasteiger partial charge < -0.3 is 5.11 Å². The Morgan fingerprint density at radius 1 is 1.29 bits per heavy atom. The number of hydrogen-bond donors (Lipinski definition) is 1. The highest BCUT2D eigenvalue weighted by Gasteiger charge is 2.37. The second kappa shape index (κ2) is 5.30. The fourth-order valence-corrected chi connectivity index (χ4v) is 1.75. The fourth-order valence-electron chi connectivity index (χ4n) is 1.75. The van der Waals surface area contributed by atoms with E-state index in [1.54, 1.807) is 37.3 Å². The molecule has 1 N–H and O–H groups in total. The largest absolute Gasteiger partial charge is 0.480 e. The van der Waals surface area contributed by atoms with Crippen molar-refractivity contribution in [3.8, 4) is 0 Å². The van der Waals surface area contributed by atoms with Gasteiger partial charge >= 0.3 is 5.97 Å². The van der Waals surface area contributed by atoms with Crippen molar-refractivity contribution < 1.29 is 9.90 Å². The third-order valence-electron chi connectivity index (χ3n) is 2.87. The van der Waals surface area contributed by atoms with Crippen molar-refractivity contribution in [1.29, 1.82) is 0 Å². The monoisotopic (exact) mass is 228 g/mol. The van der Waals surface area contributed by atoms with Crippen LogP contribution in [0.5, 0.6) is 0 Å². The number of hydrogen-bond acceptors (Lipinski definition) is 1. The lowest BCUT2D eigenvalue weighted by molar-refractivity contribution is -0.141. The van der Waals surface area contributed by atoms with E-state index in [9.17, 15) is 9.90 Å². The standard InChI is InChI=1S/C15H16O2/c1-4-9-12(5-2)15(3,14(16)17)13-10-7-6-8-11-13/h4-11H,1-2H2,3H3,(H,16,17)/b12-9+. The Bertz CT molecular complexity index is 457. The second-order valence-electron chi connectivity index (χ2n) is 3.86. The maximum atomic E-state index is 11.6. The second-order valence-corrected chi connectivity index (χ2v) is 3.86. The SMILES string of the molecule is C=C/C=C(\C=C)C(C)(C(=O)O)c1ccccc1. The Labute approximate surface area is 102 Å². The molecule has 0 spiro atoms. The van der Waals surface area contributed by atoms with Crippen LogP contribution < -0.4 is 0 Å². The number of rotatable bonds is 5. The molecule has 1 atom stereocenters. The van der Waals surface area contributed by atoms with Gasteiger partial charge in [0.25, 0.3) is 0 Å². The van der Waals surface area contributed by atoms with E-state index in [4.69, 9.17) is 0 Å². The normalized spacial score (nSPS) is 14.8. The Balaban J connectivity index is 3.43. The summed E-state index contributed by atoms with van der Waals surface area (Å²) in [5.41, 5.74) is 0.240. The molecule has 0 aliphatic rings. The lowest BCUT2D eigenvalue weighted by atomic mass is 9.75. The minimum Gasteiger partial charge on any atom is -0.480 e. The average Bonchev–Trinajstić information content (AvgIpc) is 2.35.